The third kappa shape index (κ3) is 3.98. The maximum Gasteiger partial charge on any atom is 0.280 e. The average Bonchev–Trinajstić information content (AvgIpc) is 3.44. The number of carbonyl (C=O) groups is 2. The van der Waals surface area contributed by atoms with Crippen LogP contribution in [0.3, 0.4) is 0 Å². The van der Waals surface area contributed by atoms with Crippen molar-refractivity contribution < 1.29 is 18.4 Å². The first kappa shape index (κ1) is 22.3. The van der Waals surface area contributed by atoms with Crippen molar-refractivity contribution in [1.29, 1.82) is 0 Å². The summed E-state index contributed by atoms with van der Waals surface area (Å²) in [5, 5.41) is 7.29. The number of nitrogens with zero attached hydrogens (tertiary/aromatic N) is 3. The number of alkyl halides is 2. The van der Waals surface area contributed by atoms with Crippen molar-refractivity contribution >= 4 is 62.0 Å². The van der Waals surface area contributed by atoms with Gasteiger partial charge in [0.1, 0.15) is 15.4 Å². The summed E-state index contributed by atoms with van der Waals surface area (Å²) in [5.74, 6) is -1.48. The van der Waals surface area contributed by atoms with E-state index in [4.69, 9.17) is 17.3 Å². The number of anilines is 1. The Labute approximate surface area is 193 Å². The van der Waals surface area contributed by atoms with E-state index in [1.54, 1.807) is 6.07 Å². The maximum atomic E-state index is 13.5. The van der Waals surface area contributed by atoms with Gasteiger partial charge in [-0.3, -0.25) is 14.3 Å². The number of carbonyl (C=O) groups excluding carboxylic acids is 2. The molecule has 0 aliphatic carbocycles. The van der Waals surface area contributed by atoms with Gasteiger partial charge in [0.25, 0.3) is 18.2 Å². The van der Waals surface area contributed by atoms with E-state index in [0.717, 1.165) is 16.2 Å². The number of rotatable bonds is 6. The van der Waals surface area contributed by atoms with Crippen LogP contribution in [0.25, 0.3) is 20.7 Å². The number of aromatic nitrogens is 3. The molecule has 0 saturated heterocycles. The van der Waals surface area contributed by atoms with Crippen LogP contribution in [-0.4, -0.2) is 26.6 Å². The molecular formula is C20H16ClF2N5O2S2. The maximum absolute atomic E-state index is 13.5. The summed E-state index contributed by atoms with van der Waals surface area (Å²) in [6.45, 7) is 4.23. The van der Waals surface area contributed by atoms with Crippen LogP contribution in [0.4, 0.5) is 14.5 Å². The van der Waals surface area contributed by atoms with Gasteiger partial charge in [0.2, 0.25) is 0 Å². The van der Waals surface area contributed by atoms with Gasteiger partial charge < -0.3 is 11.1 Å². The number of halogens is 3. The predicted molar refractivity (Wildman–Crippen MR) is 122 cm³/mol. The van der Waals surface area contributed by atoms with Crippen molar-refractivity contribution in [3.8, 4) is 10.4 Å². The molecule has 0 saturated carbocycles. The standard InChI is InChI=1S/C20H16ClF2N5O2S2/c1-3-28-7-10(21)14(27-28)19(30)26-15-13-9(12-5-4-8(2)31-12)6-11(17(22)23)25-20(13)32-16(15)18(24)29/h4-7,17H,3H2,1-2H3,(H2,24,29)(H,26,30). The summed E-state index contributed by atoms with van der Waals surface area (Å²) in [4.78, 5) is 30.9. The zero-order valence-corrected chi connectivity index (χ0v) is 19.2. The summed E-state index contributed by atoms with van der Waals surface area (Å²) < 4.78 is 28.6. The van der Waals surface area contributed by atoms with Crippen LogP contribution in [-0.2, 0) is 6.54 Å². The predicted octanol–water partition coefficient (Wildman–Crippen LogP) is 5.49. The van der Waals surface area contributed by atoms with Crippen LogP contribution < -0.4 is 11.1 Å². The number of hydrogen-bond donors (Lipinski definition) is 2. The minimum atomic E-state index is -2.81. The van der Waals surface area contributed by atoms with Gasteiger partial charge in [0.15, 0.2) is 5.69 Å². The Hall–Kier alpha value is -2.89. The second kappa shape index (κ2) is 8.57. The second-order valence-corrected chi connectivity index (χ2v) is 9.49. The normalized spacial score (nSPS) is 11.4. The SMILES string of the molecule is CCn1cc(Cl)c(C(=O)Nc2c(C(N)=O)sc3nc(C(F)F)cc(-c4ccc(C)s4)c23)n1. The molecule has 0 unspecified atom stereocenters. The Bertz CT molecular complexity index is 1360. The first-order chi connectivity index (χ1) is 15.2. The largest absolute Gasteiger partial charge is 0.365 e. The fraction of sp³-hybridized carbons (Fsp3) is 0.200. The molecule has 4 aromatic rings. The number of amides is 2. The number of nitrogens with one attached hydrogen (secondary N) is 1. The van der Waals surface area contributed by atoms with Crippen molar-refractivity contribution in [1.82, 2.24) is 14.8 Å². The number of hydrogen-bond acceptors (Lipinski definition) is 6. The molecule has 4 rings (SSSR count). The van der Waals surface area contributed by atoms with E-state index >= 15 is 0 Å². The highest BCUT2D eigenvalue weighted by Gasteiger charge is 2.26. The third-order valence-corrected chi connectivity index (χ3v) is 7.04. The molecule has 0 spiro atoms. The lowest BCUT2D eigenvalue weighted by Gasteiger charge is -2.09. The van der Waals surface area contributed by atoms with Crippen molar-refractivity contribution in [3.05, 3.63) is 50.6 Å². The Morgan fingerprint density at radius 1 is 1.31 bits per heavy atom. The lowest BCUT2D eigenvalue weighted by molar-refractivity contribution is 0.100. The molecule has 7 nitrogen and oxygen atoms in total. The van der Waals surface area contributed by atoms with Gasteiger partial charge in [-0.05, 0) is 32.0 Å². The Morgan fingerprint density at radius 2 is 2.06 bits per heavy atom. The summed E-state index contributed by atoms with van der Waals surface area (Å²) in [6.07, 6.45) is -1.30. The number of pyridine rings is 1. The molecule has 0 fully saturated rings. The van der Waals surface area contributed by atoms with Crippen LogP contribution in [0.1, 0.15) is 44.1 Å². The highest BCUT2D eigenvalue weighted by Crippen LogP contribution is 2.44. The smallest absolute Gasteiger partial charge is 0.280 e. The fourth-order valence-corrected chi connectivity index (χ4v) is 5.32. The molecule has 0 aliphatic rings. The van der Waals surface area contributed by atoms with E-state index in [2.05, 4.69) is 15.4 Å². The Morgan fingerprint density at radius 3 is 2.62 bits per heavy atom. The van der Waals surface area contributed by atoms with Crippen molar-refractivity contribution in [2.75, 3.05) is 5.32 Å². The summed E-state index contributed by atoms with van der Waals surface area (Å²) in [5.41, 5.74) is 5.59. The lowest BCUT2D eigenvalue weighted by Crippen LogP contribution is -2.17. The first-order valence-corrected chi connectivity index (χ1v) is 11.4. The summed E-state index contributed by atoms with van der Waals surface area (Å²) in [6, 6.07) is 4.91. The van der Waals surface area contributed by atoms with Crippen LogP contribution in [0.5, 0.6) is 0 Å². The number of fused-ring (bicyclic) bond motifs is 1. The van der Waals surface area contributed by atoms with E-state index in [0.29, 0.717) is 22.4 Å². The quantitative estimate of drug-likeness (QED) is 0.369. The van der Waals surface area contributed by atoms with E-state index in [1.807, 2.05) is 19.9 Å². The van der Waals surface area contributed by atoms with E-state index in [1.165, 1.54) is 28.3 Å². The van der Waals surface area contributed by atoms with Crippen LogP contribution >= 0.6 is 34.3 Å². The molecule has 0 atom stereocenters. The number of aryl methyl sites for hydroxylation is 2. The fourth-order valence-electron chi connectivity index (χ4n) is 3.18. The molecule has 0 aromatic carbocycles. The number of primary amides is 1. The molecule has 0 radical (unpaired) electrons. The van der Waals surface area contributed by atoms with Gasteiger partial charge in [-0.2, -0.15) is 5.10 Å². The van der Waals surface area contributed by atoms with Crippen LogP contribution in [0, 0.1) is 6.92 Å². The molecular weight excluding hydrogens is 480 g/mol. The van der Waals surface area contributed by atoms with Crippen molar-refractivity contribution in [2.24, 2.45) is 5.73 Å². The number of nitrogens with two attached hydrogens (primary N) is 1. The summed E-state index contributed by atoms with van der Waals surface area (Å²) in [7, 11) is 0. The monoisotopic (exact) mass is 495 g/mol. The third-order valence-electron chi connectivity index (χ3n) is 4.63. The van der Waals surface area contributed by atoms with Gasteiger partial charge in [-0.1, -0.05) is 11.6 Å². The van der Waals surface area contributed by atoms with Crippen LogP contribution in [0.15, 0.2) is 24.4 Å². The Kier molecular flexibility index (Phi) is 5.97. The highest BCUT2D eigenvalue weighted by molar-refractivity contribution is 7.21. The molecule has 4 heterocycles. The van der Waals surface area contributed by atoms with Gasteiger partial charge in [-0.25, -0.2) is 13.8 Å². The lowest BCUT2D eigenvalue weighted by atomic mass is 10.1. The second-order valence-electron chi connectivity index (χ2n) is 6.79. The minimum Gasteiger partial charge on any atom is -0.365 e. The zero-order valence-electron chi connectivity index (χ0n) is 16.8. The highest BCUT2D eigenvalue weighted by atomic mass is 35.5. The van der Waals surface area contributed by atoms with E-state index in [9.17, 15) is 18.4 Å². The molecule has 3 N–H and O–H groups in total. The summed E-state index contributed by atoms with van der Waals surface area (Å²) >= 11 is 8.37. The molecule has 2 amide bonds. The molecule has 166 valence electrons. The topological polar surface area (TPSA) is 103 Å². The minimum absolute atomic E-state index is 0.00663. The van der Waals surface area contributed by atoms with E-state index < -0.39 is 23.9 Å². The van der Waals surface area contributed by atoms with Gasteiger partial charge >= 0.3 is 0 Å². The molecule has 0 bridgehead atoms. The molecule has 12 heteroatoms. The molecule has 32 heavy (non-hydrogen) atoms. The molecule has 0 aliphatic heterocycles. The molecule has 4 aromatic heterocycles. The van der Waals surface area contributed by atoms with Gasteiger partial charge in [0, 0.05) is 33.4 Å². The van der Waals surface area contributed by atoms with E-state index in [-0.39, 0.29) is 26.1 Å². The number of thiophene rings is 2. The first-order valence-electron chi connectivity index (χ1n) is 9.36. The van der Waals surface area contributed by atoms with Gasteiger partial charge in [-0.15, -0.1) is 22.7 Å². The van der Waals surface area contributed by atoms with Crippen LogP contribution in [0.2, 0.25) is 5.02 Å². The van der Waals surface area contributed by atoms with Crippen molar-refractivity contribution in [3.63, 3.8) is 0 Å². The Balaban J connectivity index is 1.94. The van der Waals surface area contributed by atoms with Crippen molar-refractivity contribution in [2.45, 2.75) is 26.8 Å². The zero-order chi connectivity index (χ0) is 23.2. The van der Waals surface area contributed by atoms with Gasteiger partial charge in [0.05, 0.1) is 10.7 Å². The average molecular weight is 496 g/mol.